The maximum absolute atomic E-state index is 13.6. The number of nitrogens with zero attached hydrogens (tertiary/aromatic N) is 5. The molecular formula is C31H42ClN11O8S2. The summed E-state index contributed by atoms with van der Waals surface area (Å²) in [6.45, 7) is -0.661. The minimum absolute atomic E-state index is 0.0866. The SMILES string of the molecule is CNC(=O)CCN(CCC(=O)NC)S(=O)(=O)c1cccc(Nc2nc(Cl)nc(Nc3cccc(S(=O)(=O)N(CCC(=O)NC)CCC(=O)NC)c3)n2)c1. The lowest BCUT2D eigenvalue weighted by Gasteiger charge is -2.22. The number of amides is 4. The van der Waals surface area contributed by atoms with Gasteiger partial charge in [0.2, 0.25) is 60.9 Å². The van der Waals surface area contributed by atoms with E-state index >= 15 is 0 Å². The Labute approximate surface area is 312 Å². The van der Waals surface area contributed by atoms with E-state index in [9.17, 15) is 36.0 Å². The third-order valence-corrected chi connectivity index (χ3v) is 11.5. The van der Waals surface area contributed by atoms with Crippen LogP contribution in [0.2, 0.25) is 5.28 Å². The first kappa shape index (κ1) is 42.5. The fourth-order valence-electron chi connectivity index (χ4n) is 4.60. The number of aromatic nitrogens is 3. The van der Waals surface area contributed by atoms with Crippen LogP contribution in [0.15, 0.2) is 58.3 Å². The van der Waals surface area contributed by atoms with Crippen molar-refractivity contribution in [1.82, 2.24) is 44.8 Å². The smallest absolute Gasteiger partial charge is 0.243 e. The van der Waals surface area contributed by atoms with Crippen LogP contribution >= 0.6 is 11.6 Å². The molecule has 0 fully saturated rings. The van der Waals surface area contributed by atoms with Gasteiger partial charge in [0.25, 0.3) is 0 Å². The average molecular weight is 796 g/mol. The molecule has 0 saturated carbocycles. The van der Waals surface area contributed by atoms with Gasteiger partial charge in [0, 0.05) is 91.4 Å². The fraction of sp³-hybridized carbons (Fsp3) is 0.387. The highest BCUT2D eigenvalue weighted by molar-refractivity contribution is 7.89. The molecule has 4 amide bonds. The third kappa shape index (κ3) is 12.6. The topological polar surface area (TPSA) is 254 Å². The summed E-state index contributed by atoms with van der Waals surface area (Å²) in [5, 5.41) is 15.3. The van der Waals surface area contributed by atoms with Gasteiger partial charge in [-0.05, 0) is 48.0 Å². The second kappa shape index (κ2) is 19.8. The molecule has 53 heavy (non-hydrogen) atoms. The van der Waals surface area contributed by atoms with Gasteiger partial charge in [-0.2, -0.15) is 23.6 Å². The first-order valence-corrected chi connectivity index (χ1v) is 19.4. The normalized spacial score (nSPS) is 11.5. The van der Waals surface area contributed by atoms with Gasteiger partial charge in [0.1, 0.15) is 0 Å². The summed E-state index contributed by atoms with van der Waals surface area (Å²) in [6.07, 6.45) is -0.488. The highest BCUT2D eigenvalue weighted by Gasteiger charge is 2.27. The molecule has 6 N–H and O–H groups in total. The van der Waals surface area contributed by atoms with Crippen LogP contribution in [0.25, 0.3) is 0 Å². The van der Waals surface area contributed by atoms with Crippen molar-refractivity contribution in [3.05, 3.63) is 53.8 Å². The van der Waals surface area contributed by atoms with Crippen LogP contribution in [0.3, 0.4) is 0 Å². The molecule has 0 saturated heterocycles. The molecule has 0 unspecified atom stereocenters. The highest BCUT2D eigenvalue weighted by Crippen LogP contribution is 2.25. The number of rotatable bonds is 20. The summed E-state index contributed by atoms with van der Waals surface area (Å²) in [5.74, 6) is -1.66. The van der Waals surface area contributed by atoms with E-state index in [1.807, 2.05) is 0 Å². The molecule has 3 rings (SSSR count). The molecule has 19 nitrogen and oxygen atoms in total. The number of hydrogen-bond donors (Lipinski definition) is 6. The predicted octanol–water partition coefficient (Wildman–Crippen LogP) is 0.538. The number of nitrogens with one attached hydrogen (secondary N) is 6. The van der Waals surface area contributed by atoms with Crippen molar-refractivity contribution in [1.29, 1.82) is 0 Å². The van der Waals surface area contributed by atoms with Crippen LogP contribution in [-0.2, 0) is 39.2 Å². The minimum atomic E-state index is -4.17. The lowest BCUT2D eigenvalue weighted by molar-refractivity contribution is -0.122. The first-order chi connectivity index (χ1) is 25.1. The summed E-state index contributed by atoms with van der Waals surface area (Å²) >= 11 is 6.18. The number of carbonyl (C=O) groups is 4. The Morgan fingerprint density at radius 1 is 0.566 bits per heavy atom. The van der Waals surface area contributed by atoms with Gasteiger partial charge < -0.3 is 31.9 Å². The van der Waals surface area contributed by atoms with Crippen molar-refractivity contribution in [2.75, 3.05) is 65.0 Å². The second-order valence-electron chi connectivity index (χ2n) is 11.1. The zero-order valence-electron chi connectivity index (χ0n) is 29.5. The lowest BCUT2D eigenvalue weighted by atomic mass is 10.3. The summed E-state index contributed by atoms with van der Waals surface area (Å²) in [4.78, 5) is 59.7. The number of halogens is 1. The Kier molecular flexibility index (Phi) is 15.8. The second-order valence-corrected chi connectivity index (χ2v) is 15.3. The highest BCUT2D eigenvalue weighted by atomic mass is 35.5. The molecule has 0 atom stereocenters. The number of hydrogen-bond acceptors (Lipinski definition) is 13. The molecule has 22 heteroatoms. The summed E-state index contributed by atoms with van der Waals surface area (Å²) in [7, 11) is -2.61. The van der Waals surface area contributed by atoms with E-state index in [4.69, 9.17) is 11.6 Å². The van der Waals surface area contributed by atoms with Crippen LogP contribution in [0, 0.1) is 0 Å². The van der Waals surface area contributed by atoms with Crippen molar-refractivity contribution in [2.24, 2.45) is 0 Å². The van der Waals surface area contributed by atoms with Crippen LogP contribution in [-0.4, -0.2) is 118 Å². The van der Waals surface area contributed by atoms with E-state index in [0.717, 1.165) is 8.61 Å². The molecule has 0 radical (unpaired) electrons. The molecule has 0 bridgehead atoms. The molecular weight excluding hydrogens is 754 g/mol. The summed E-state index contributed by atoms with van der Waals surface area (Å²) < 4.78 is 56.6. The number of carbonyl (C=O) groups excluding carboxylic acids is 4. The van der Waals surface area contributed by atoms with Gasteiger partial charge in [-0.3, -0.25) is 19.2 Å². The van der Waals surface area contributed by atoms with Gasteiger partial charge in [0.05, 0.1) is 9.79 Å². The van der Waals surface area contributed by atoms with E-state index < -0.39 is 20.0 Å². The van der Waals surface area contributed by atoms with E-state index in [-0.39, 0.29) is 114 Å². The standard InChI is InChI=1S/C31H42ClN11O8S2/c1-33-25(44)11-15-42(16-12-26(45)34-2)52(48,49)23-9-5-7-21(19-23)37-30-39-29(32)40-31(41-30)38-22-8-6-10-24(20-22)53(50,51)43(17-13-27(46)35-3)18-14-28(47)36-4/h5-10,19-20H,11-18H2,1-4H3,(H,33,44)(H,34,45)(H,35,46)(H,36,47)(H2,37,38,39,40,41). The fourth-order valence-corrected chi connectivity index (χ4v) is 7.73. The van der Waals surface area contributed by atoms with Crippen LogP contribution in [0.1, 0.15) is 25.7 Å². The zero-order chi connectivity index (χ0) is 39.2. The van der Waals surface area contributed by atoms with Crippen molar-refractivity contribution < 1.29 is 36.0 Å². The minimum Gasteiger partial charge on any atom is -0.359 e. The number of sulfonamides is 2. The van der Waals surface area contributed by atoms with Crippen molar-refractivity contribution in [3.63, 3.8) is 0 Å². The molecule has 0 spiro atoms. The average Bonchev–Trinajstić information content (AvgIpc) is 3.13. The van der Waals surface area contributed by atoms with Gasteiger partial charge >= 0.3 is 0 Å². The van der Waals surface area contributed by atoms with Gasteiger partial charge in [-0.25, -0.2) is 16.8 Å². The monoisotopic (exact) mass is 795 g/mol. The predicted molar refractivity (Wildman–Crippen MR) is 197 cm³/mol. The number of benzene rings is 2. The lowest BCUT2D eigenvalue weighted by Crippen LogP contribution is -2.37. The summed E-state index contributed by atoms with van der Waals surface area (Å²) in [5.41, 5.74) is 0.497. The van der Waals surface area contributed by atoms with Crippen molar-refractivity contribution >= 4 is 78.5 Å². The Balaban J connectivity index is 1.85. The van der Waals surface area contributed by atoms with Gasteiger partial charge in [-0.1, -0.05) is 12.1 Å². The summed E-state index contributed by atoms with van der Waals surface area (Å²) in [6, 6.07) is 11.4. The van der Waals surface area contributed by atoms with Gasteiger partial charge in [0.15, 0.2) is 0 Å². The van der Waals surface area contributed by atoms with Crippen LogP contribution in [0.5, 0.6) is 0 Å². The third-order valence-electron chi connectivity index (χ3n) is 7.53. The Hall–Kier alpha value is -4.96. The van der Waals surface area contributed by atoms with Gasteiger partial charge in [-0.15, -0.1) is 0 Å². The molecule has 0 aliphatic rings. The molecule has 1 aromatic heterocycles. The maximum atomic E-state index is 13.6. The van der Waals surface area contributed by atoms with Crippen LogP contribution in [0.4, 0.5) is 23.3 Å². The molecule has 288 valence electrons. The van der Waals surface area contributed by atoms with E-state index in [1.54, 1.807) is 12.1 Å². The Morgan fingerprint density at radius 2 is 0.887 bits per heavy atom. The van der Waals surface area contributed by atoms with E-state index in [2.05, 4.69) is 46.9 Å². The molecule has 0 aliphatic heterocycles. The molecule has 2 aromatic carbocycles. The quantitative estimate of drug-likeness (QED) is 0.0915. The Morgan fingerprint density at radius 3 is 1.19 bits per heavy atom. The van der Waals surface area contributed by atoms with Crippen molar-refractivity contribution in [3.8, 4) is 0 Å². The molecule has 3 aromatic rings. The molecule has 1 heterocycles. The molecule has 0 aliphatic carbocycles. The number of anilines is 4. The Bertz CT molecular complexity index is 1820. The first-order valence-electron chi connectivity index (χ1n) is 16.1. The largest absolute Gasteiger partial charge is 0.359 e. The van der Waals surface area contributed by atoms with E-state index in [1.165, 1.54) is 64.6 Å². The van der Waals surface area contributed by atoms with E-state index in [0.29, 0.717) is 0 Å². The zero-order valence-corrected chi connectivity index (χ0v) is 31.9. The van der Waals surface area contributed by atoms with Crippen molar-refractivity contribution in [2.45, 2.75) is 35.5 Å². The van der Waals surface area contributed by atoms with Crippen LogP contribution < -0.4 is 31.9 Å². The maximum Gasteiger partial charge on any atom is 0.243 e.